The van der Waals surface area contributed by atoms with Crippen LogP contribution in [0.15, 0.2) is 35.3 Å². The first-order valence-corrected chi connectivity index (χ1v) is 16.6. The van der Waals surface area contributed by atoms with E-state index >= 15 is 0 Å². The normalized spacial score (nSPS) is 14.7. The molecule has 2 aromatic carbocycles. The largest absolute Gasteiger partial charge is 0.370 e. The monoisotopic (exact) mass is 715 g/mol. The molecule has 0 heterocycles. The summed E-state index contributed by atoms with van der Waals surface area (Å²) in [6.07, 6.45) is -0.844. The van der Waals surface area contributed by atoms with Gasteiger partial charge in [0.25, 0.3) is 0 Å². The van der Waals surface area contributed by atoms with E-state index in [-0.39, 0.29) is 48.2 Å². The number of guanidine groups is 1. The van der Waals surface area contributed by atoms with Crippen LogP contribution in [0, 0.1) is 0 Å². The van der Waals surface area contributed by atoms with E-state index in [1.54, 1.807) is 30.3 Å². The van der Waals surface area contributed by atoms with Crippen LogP contribution in [0.2, 0.25) is 10.4 Å². The maximum absolute atomic E-state index is 14.3. The number of primary amides is 1. The van der Waals surface area contributed by atoms with Crippen molar-refractivity contribution < 1.29 is 19.2 Å². The standard InChI is InChI=1S/C30H33B12N9O4/c31-16-15(17(32)19(34)20(35)18(16)33)30(41,42)21(24(54)51-27(36,25(45)55)10-28(37,38)29(39,40)11-43)50-23(53)14(7-4-8-48-26(46)47)49-22(52)13(44)9-12-5-2-1-3-6-12/h1-3,5-6,13-14,21H,4,7-11,43-44H2,(H2,45,55)(H,49,52)(H,50,53)(H,51,54)(H4,46,47,48)/t13-,14+,21+,27-/m0/s1. The summed E-state index contributed by atoms with van der Waals surface area (Å²) in [7, 11) is 74.1. The number of carbonyl (C=O) groups excluding carboxylic acids is 4. The number of amides is 4. The number of benzene rings is 2. The molecular weight excluding hydrogens is 680 g/mol. The van der Waals surface area contributed by atoms with Gasteiger partial charge in [0.1, 0.15) is 59.2 Å². The summed E-state index contributed by atoms with van der Waals surface area (Å²) in [4.78, 5) is 58.5. The summed E-state index contributed by atoms with van der Waals surface area (Å²) in [6, 6.07) is 4.01. The molecule has 13 nitrogen and oxygen atoms in total. The number of hydrogen-bond acceptors (Lipinski definition) is 7. The van der Waals surface area contributed by atoms with Gasteiger partial charge in [-0.05, 0) is 43.0 Å². The summed E-state index contributed by atoms with van der Waals surface area (Å²) in [5.74, 6) is -4.86. The first kappa shape index (κ1) is 47.4. The molecule has 0 bridgehead atoms. The van der Waals surface area contributed by atoms with Gasteiger partial charge in [-0.25, -0.2) is 0 Å². The van der Waals surface area contributed by atoms with Crippen molar-refractivity contribution in [3.63, 3.8) is 0 Å². The van der Waals surface area contributed by atoms with E-state index in [0.29, 0.717) is 0 Å². The number of carbonyl (C=O) groups is 4. The van der Waals surface area contributed by atoms with Crippen molar-refractivity contribution in [2.45, 2.75) is 64.9 Å². The SMILES string of the molecule is [B]c1c([B])c([B])c(C([B])([B])[C@H](NC(=O)[C@@H](CCCN=C(N)N)NC(=O)[C@@H](N)Cc2ccccc2)C(=O)N[C@@]([B])(CC([B])([B])C([B])([B])CN)C(N)=O)c([B])c1[B]. The van der Waals surface area contributed by atoms with Crippen LogP contribution in [0.3, 0.4) is 0 Å². The van der Waals surface area contributed by atoms with Gasteiger partial charge in [-0.15, -0.1) is 32.5 Å². The van der Waals surface area contributed by atoms with E-state index in [9.17, 15) is 19.2 Å². The summed E-state index contributed by atoms with van der Waals surface area (Å²) >= 11 is 0. The first-order chi connectivity index (χ1) is 25.2. The van der Waals surface area contributed by atoms with Gasteiger partial charge in [0, 0.05) is 6.54 Å². The summed E-state index contributed by atoms with van der Waals surface area (Å²) in [6.45, 7) is -0.489. The Balaban J connectivity index is 2.70. The number of hydrogen-bond donors (Lipinski definition) is 8. The topological polar surface area (TPSA) is 247 Å². The number of nitrogens with one attached hydrogen (secondary N) is 3. The van der Waals surface area contributed by atoms with Crippen molar-refractivity contribution in [2.24, 2.45) is 33.7 Å². The molecule has 0 aromatic heterocycles. The van der Waals surface area contributed by atoms with Gasteiger partial charge in [0.2, 0.25) is 23.6 Å². The van der Waals surface area contributed by atoms with Crippen molar-refractivity contribution in [1.29, 1.82) is 0 Å². The maximum atomic E-state index is 14.3. The van der Waals surface area contributed by atoms with E-state index in [1.165, 1.54) is 0 Å². The van der Waals surface area contributed by atoms with Crippen LogP contribution < -0.4 is 71.9 Å². The highest BCUT2D eigenvalue weighted by atomic mass is 16.2. The van der Waals surface area contributed by atoms with Crippen LogP contribution in [0.5, 0.6) is 0 Å². The second kappa shape index (κ2) is 19.0. The van der Waals surface area contributed by atoms with Crippen molar-refractivity contribution in [3.8, 4) is 0 Å². The molecule has 2 aromatic rings. The van der Waals surface area contributed by atoms with E-state index < -0.39 is 92.3 Å². The Bertz CT molecular complexity index is 1740. The Labute approximate surface area is 338 Å². The molecule has 4 amide bonds. The van der Waals surface area contributed by atoms with Gasteiger partial charge in [-0.2, -0.15) is 0 Å². The quantitative estimate of drug-likeness (QED) is 0.0300. The molecule has 0 saturated carbocycles. The Hall–Kier alpha value is -3.71. The smallest absolute Gasteiger partial charge is 0.243 e. The fourth-order valence-electron chi connectivity index (χ4n) is 5.42. The van der Waals surface area contributed by atoms with E-state index in [0.717, 1.165) is 5.56 Å². The molecule has 0 aliphatic heterocycles. The predicted octanol–water partition coefficient (Wildman–Crippen LogP) is -10.5. The van der Waals surface area contributed by atoms with Gasteiger partial charge < -0.3 is 44.6 Å². The Morgan fingerprint density at radius 3 is 1.75 bits per heavy atom. The van der Waals surface area contributed by atoms with E-state index in [2.05, 4.69) is 20.9 Å². The first-order valence-electron chi connectivity index (χ1n) is 16.6. The summed E-state index contributed by atoms with van der Waals surface area (Å²) in [5, 5.41) is 0.0642. The van der Waals surface area contributed by atoms with Crippen molar-refractivity contribution in [2.75, 3.05) is 13.1 Å². The van der Waals surface area contributed by atoms with Crippen LogP contribution in [-0.2, 0) is 30.8 Å². The molecule has 0 aliphatic rings. The number of rotatable bonds is 19. The minimum atomic E-state index is -2.68. The van der Waals surface area contributed by atoms with Crippen molar-refractivity contribution >= 4 is 151 Å². The van der Waals surface area contributed by atoms with Gasteiger partial charge in [-0.1, -0.05) is 41.1 Å². The maximum Gasteiger partial charge on any atom is 0.243 e. The minimum absolute atomic E-state index is 0.0253. The Morgan fingerprint density at radius 2 is 1.25 bits per heavy atom. The zero-order chi connectivity index (χ0) is 42.3. The fourth-order valence-corrected chi connectivity index (χ4v) is 5.42. The van der Waals surface area contributed by atoms with Gasteiger partial charge >= 0.3 is 0 Å². The molecule has 13 N–H and O–H groups in total. The second-order valence-corrected chi connectivity index (χ2v) is 13.4. The lowest BCUT2D eigenvalue weighted by Crippen LogP contribution is -2.70. The van der Waals surface area contributed by atoms with Gasteiger partial charge in [-0.3, -0.25) is 24.2 Å². The molecule has 0 fully saturated rings. The van der Waals surface area contributed by atoms with Crippen LogP contribution in [-0.4, -0.2) is 160 Å². The molecule has 25 heteroatoms. The third kappa shape index (κ3) is 11.7. The molecule has 0 saturated heterocycles. The van der Waals surface area contributed by atoms with E-state index in [4.69, 9.17) is 123 Å². The average Bonchev–Trinajstić information content (AvgIpc) is 3.09. The lowest BCUT2D eigenvalue weighted by molar-refractivity contribution is -0.134. The van der Waals surface area contributed by atoms with Crippen molar-refractivity contribution in [3.05, 3.63) is 41.5 Å². The third-order valence-electron chi connectivity index (χ3n) is 8.93. The molecule has 258 valence electrons. The third-order valence-corrected chi connectivity index (χ3v) is 8.93. The highest BCUT2D eigenvalue weighted by Crippen LogP contribution is 2.46. The van der Waals surface area contributed by atoms with Crippen LogP contribution in [0.25, 0.3) is 0 Å². The van der Waals surface area contributed by atoms with E-state index in [1.807, 2.05) is 0 Å². The Kier molecular flexibility index (Phi) is 16.3. The minimum Gasteiger partial charge on any atom is -0.370 e. The predicted molar refractivity (Wildman–Crippen MR) is 226 cm³/mol. The Morgan fingerprint density at radius 1 is 0.727 bits per heavy atom. The summed E-state index contributed by atoms with van der Waals surface area (Å²) in [5.41, 5.74) is 24.1. The zero-order valence-electron chi connectivity index (χ0n) is 30.3. The molecule has 0 spiro atoms. The number of aliphatic imine (C=N–C) groups is 1. The molecule has 2 rings (SSSR count). The van der Waals surface area contributed by atoms with Crippen molar-refractivity contribution in [1.82, 2.24) is 16.0 Å². The highest BCUT2D eigenvalue weighted by molar-refractivity contribution is 6.68. The molecule has 0 unspecified atom stereocenters. The second-order valence-electron chi connectivity index (χ2n) is 13.4. The zero-order valence-corrected chi connectivity index (χ0v) is 30.3. The number of nitrogens with two attached hydrogens (primary N) is 5. The lowest BCUT2D eigenvalue weighted by Gasteiger charge is -2.49. The van der Waals surface area contributed by atoms with Crippen LogP contribution >= 0.6 is 0 Å². The van der Waals surface area contributed by atoms with Crippen LogP contribution in [0.4, 0.5) is 0 Å². The molecule has 4 atom stereocenters. The molecule has 55 heavy (non-hydrogen) atoms. The number of nitrogens with zero attached hydrogens (tertiary/aromatic N) is 1. The summed E-state index contributed by atoms with van der Waals surface area (Å²) < 4.78 is 0. The average molecular weight is 713 g/mol. The molecule has 0 aliphatic carbocycles. The highest BCUT2D eigenvalue weighted by Gasteiger charge is 2.46. The molecular formula is C30H33B12N9O4. The lowest BCUT2D eigenvalue weighted by atomic mass is 9.27. The molecule has 24 radical (unpaired) electrons. The van der Waals surface area contributed by atoms with Gasteiger partial charge in [0.05, 0.1) is 58.6 Å². The van der Waals surface area contributed by atoms with Crippen LogP contribution in [0.1, 0.15) is 30.4 Å². The fraction of sp³-hybridized carbons (Fsp3) is 0.433. The van der Waals surface area contributed by atoms with Gasteiger partial charge in [0.15, 0.2) is 5.96 Å².